The van der Waals surface area contributed by atoms with Crippen LogP contribution in [0.15, 0.2) is 90.2 Å². The van der Waals surface area contributed by atoms with Crippen LogP contribution >= 0.6 is 11.8 Å². The van der Waals surface area contributed by atoms with Crippen LogP contribution in [-0.4, -0.2) is 45.1 Å². The van der Waals surface area contributed by atoms with Crippen molar-refractivity contribution in [3.05, 3.63) is 90.6 Å². The first kappa shape index (κ1) is 22.7. The zero-order valence-electron chi connectivity index (χ0n) is 19.3. The van der Waals surface area contributed by atoms with Gasteiger partial charge in [0.2, 0.25) is 5.91 Å². The summed E-state index contributed by atoms with van der Waals surface area (Å²) in [5.41, 5.74) is 4.06. The van der Waals surface area contributed by atoms with Crippen molar-refractivity contribution in [1.29, 1.82) is 0 Å². The van der Waals surface area contributed by atoms with Crippen LogP contribution < -0.4 is 10.1 Å². The molecule has 5 aromatic rings. The van der Waals surface area contributed by atoms with Gasteiger partial charge in [0.25, 0.3) is 0 Å². The minimum absolute atomic E-state index is 0.0381. The van der Waals surface area contributed by atoms with Crippen LogP contribution in [0, 0.1) is 0 Å². The van der Waals surface area contributed by atoms with Crippen LogP contribution in [0.1, 0.15) is 5.56 Å². The molecule has 8 heteroatoms. The number of nitrogens with zero attached hydrogens (tertiary/aromatic N) is 3. The van der Waals surface area contributed by atoms with Crippen molar-refractivity contribution in [2.45, 2.75) is 11.6 Å². The van der Waals surface area contributed by atoms with E-state index in [1.54, 1.807) is 7.11 Å². The van der Waals surface area contributed by atoms with Gasteiger partial charge in [-0.2, -0.15) is 0 Å². The fourth-order valence-electron chi connectivity index (χ4n) is 3.93. The Bertz CT molecular complexity index is 1430. The Balaban J connectivity index is 1.37. The quantitative estimate of drug-likeness (QED) is 0.292. The highest BCUT2D eigenvalue weighted by Crippen LogP contribution is 2.32. The topological polar surface area (TPSA) is 84.8 Å². The number of aromatic amines is 1. The number of thioether (sulfide) groups is 1. The van der Waals surface area contributed by atoms with E-state index in [4.69, 9.17) is 4.74 Å². The zero-order valence-corrected chi connectivity index (χ0v) is 20.1. The second-order valence-electron chi connectivity index (χ2n) is 7.96. The molecule has 1 amide bonds. The maximum absolute atomic E-state index is 12.5. The smallest absolute Gasteiger partial charge is 0.230 e. The Morgan fingerprint density at radius 2 is 1.77 bits per heavy atom. The highest BCUT2D eigenvalue weighted by molar-refractivity contribution is 7.99. The van der Waals surface area contributed by atoms with Gasteiger partial charge in [0.05, 0.1) is 12.9 Å². The van der Waals surface area contributed by atoms with Crippen LogP contribution in [0.3, 0.4) is 0 Å². The molecule has 0 saturated heterocycles. The van der Waals surface area contributed by atoms with Gasteiger partial charge in [-0.3, -0.25) is 9.36 Å². The van der Waals surface area contributed by atoms with E-state index in [-0.39, 0.29) is 11.7 Å². The van der Waals surface area contributed by atoms with Crippen molar-refractivity contribution in [2.75, 3.05) is 19.4 Å². The molecule has 2 heterocycles. The standard InChI is InChI=1S/C27H25N5O2S/c1-34-21-13-11-20(12-14-21)32-26(23-17-29-24-10-6-5-9-22(23)24)30-31-27(32)35-18-25(33)28-16-15-19-7-3-2-4-8-19/h2-14,17,29H,15-16,18H2,1H3,(H,28,33). The second kappa shape index (κ2) is 10.5. The number of fused-ring (bicyclic) bond motifs is 1. The van der Waals surface area contributed by atoms with E-state index < -0.39 is 0 Å². The molecule has 0 atom stereocenters. The first-order valence-electron chi connectivity index (χ1n) is 11.3. The summed E-state index contributed by atoms with van der Waals surface area (Å²) in [7, 11) is 1.64. The SMILES string of the molecule is COc1ccc(-n2c(SCC(=O)NCCc3ccccc3)nnc2-c2c[nH]c3ccccc23)cc1. The van der Waals surface area contributed by atoms with Crippen LogP contribution in [-0.2, 0) is 11.2 Å². The van der Waals surface area contributed by atoms with Crippen molar-refractivity contribution < 1.29 is 9.53 Å². The number of H-pyrrole nitrogens is 1. The molecule has 0 saturated carbocycles. The summed E-state index contributed by atoms with van der Waals surface area (Å²) in [6, 6.07) is 25.9. The normalized spacial score (nSPS) is 11.0. The Morgan fingerprint density at radius 3 is 2.57 bits per heavy atom. The third-order valence-electron chi connectivity index (χ3n) is 5.71. The number of carbonyl (C=O) groups is 1. The lowest BCUT2D eigenvalue weighted by molar-refractivity contribution is -0.118. The van der Waals surface area contributed by atoms with Gasteiger partial charge < -0.3 is 15.0 Å². The average molecular weight is 484 g/mol. The van der Waals surface area contributed by atoms with E-state index in [1.165, 1.54) is 17.3 Å². The molecule has 0 aliphatic heterocycles. The molecule has 0 radical (unpaired) electrons. The summed E-state index contributed by atoms with van der Waals surface area (Å²) in [6.07, 6.45) is 2.74. The Kier molecular flexibility index (Phi) is 6.81. The van der Waals surface area contributed by atoms with Crippen LogP contribution in [0.5, 0.6) is 5.75 Å². The molecule has 0 fully saturated rings. The first-order chi connectivity index (χ1) is 17.2. The molecule has 0 unspecified atom stereocenters. The average Bonchev–Trinajstić information content (AvgIpc) is 3.52. The number of methoxy groups -OCH3 is 1. The molecule has 0 bridgehead atoms. The number of ether oxygens (including phenoxy) is 1. The Hall–Kier alpha value is -4.04. The number of rotatable bonds is 9. The maximum Gasteiger partial charge on any atom is 0.230 e. The summed E-state index contributed by atoms with van der Waals surface area (Å²) in [4.78, 5) is 15.8. The molecular weight excluding hydrogens is 458 g/mol. The van der Waals surface area contributed by atoms with Gasteiger partial charge in [-0.1, -0.05) is 60.3 Å². The Labute approximate surface area is 207 Å². The van der Waals surface area contributed by atoms with Gasteiger partial charge in [0.15, 0.2) is 11.0 Å². The van der Waals surface area contributed by atoms with Crippen molar-refractivity contribution in [3.8, 4) is 22.8 Å². The molecule has 2 aromatic heterocycles. The zero-order chi connectivity index (χ0) is 24.0. The number of nitrogens with one attached hydrogen (secondary N) is 2. The van der Waals surface area contributed by atoms with E-state index in [0.29, 0.717) is 17.5 Å². The van der Waals surface area contributed by atoms with E-state index in [9.17, 15) is 4.79 Å². The van der Waals surface area contributed by atoms with Gasteiger partial charge in [-0.05, 0) is 42.3 Å². The molecular formula is C27H25N5O2S. The molecule has 35 heavy (non-hydrogen) atoms. The highest BCUT2D eigenvalue weighted by atomic mass is 32.2. The fourth-order valence-corrected chi connectivity index (χ4v) is 4.71. The Morgan fingerprint density at radius 1 is 1.00 bits per heavy atom. The number of amides is 1. The van der Waals surface area contributed by atoms with Crippen LogP contribution in [0.4, 0.5) is 0 Å². The third kappa shape index (κ3) is 5.07. The lowest BCUT2D eigenvalue weighted by Gasteiger charge is -2.11. The molecule has 176 valence electrons. The van der Waals surface area contributed by atoms with E-state index >= 15 is 0 Å². The van der Waals surface area contributed by atoms with E-state index in [1.807, 2.05) is 71.4 Å². The number of hydrogen-bond donors (Lipinski definition) is 2. The van der Waals surface area contributed by atoms with Crippen molar-refractivity contribution in [1.82, 2.24) is 25.1 Å². The first-order valence-corrected chi connectivity index (χ1v) is 12.3. The second-order valence-corrected chi connectivity index (χ2v) is 8.90. The largest absolute Gasteiger partial charge is 0.497 e. The predicted molar refractivity (Wildman–Crippen MR) is 139 cm³/mol. The monoisotopic (exact) mass is 483 g/mol. The maximum atomic E-state index is 12.5. The van der Waals surface area contributed by atoms with Crippen molar-refractivity contribution >= 4 is 28.6 Å². The summed E-state index contributed by atoms with van der Waals surface area (Å²) >= 11 is 1.37. The summed E-state index contributed by atoms with van der Waals surface area (Å²) in [5, 5.41) is 13.7. The van der Waals surface area contributed by atoms with E-state index in [0.717, 1.165) is 34.3 Å². The molecule has 0 spiro atoms. The van der Waals surface area contributed by atoms with Gasteiger partial charge in [0, 0.05) is 34.9 Å². The third-order valence-corrected chi connectivity index (χ3v) is 6.63. The molecule has 2 N–H and O–H groups in total. The van der Waals surface area contributed by atoms with Crippen molar-refractivity contribution in [3.63, 3.8) is 0 Å². The van der Waals surface area contributed by atoms with Gasteiger partial charge >= 0.3 is 0 Å². The summed E-state index contributed by atoms with van der Waals surface area (Å²) in [5.74, 6) is 1.68. The summed E-state index contributed by atoms with van der Waals surface area (Å²) in [6.45, 7) is 0.592. The van der Waals surface area contributed by atoms with Gasteiger partial charge in [-0.15, -0.1) is 10.2 Å². The van der Waals surface area contributed by atoms with Gasteiger partial charge in [-0.25, -0.2) is 0 Å². The number of aromatic nitrogens is 4. The van der Waals surface area contributed by atoms with E-state index in [2.05, 4.69) is 38.7 Å². The number of para-hydroxylation sites is 1. The lowest BCUT2D eigenvalue weighted by atomic mass is 10.1. The van der Waals surface area contributed by atoms with Crippen LogP contribution in [0.2, 0.25) is 0 Å². The molecule has 3 aromatic carbocycles. The molecule has 0 aliphatic rings. The summed E-state index contributed by atoms with van der Waals surface area (Å²) < 4.78 is 7.30. The number of benzene rings is 3. The molecule has 0 aliphatic carbocycles. The molecule has 7 nitrogen and oxygen atoms in total. The van der Waals surface area contributed by atoms with Gasteiger partial charge in [0.1, 0.15) is 5.75 Å². The van der Waals surface area contributed by atoms with Crippen LogP contribution in [0.25, 0.3) is 28.0 Å². The molecule has 5 rings (SSSR count). The minimum atomic E-state index is -0.0381. The predicted octanol–water partition coefficient (Wildman–Crippen LogP) is 4.88. The fraction of sp³-hybridized carbons (Fsp3) is 0.148. The number of carbonyl (C=O) groups excluding carboxylic acids is 1. The minimum Gasteiger partial charge on any atom is -0.497 e. The van der Waals surface area contributed by atoms with Crippen molar-refractivity contribution in [2.24, 2.45) is 0 Å². The number of hydrogen-bond acceptors (Lipinski definition) is 5. The highest BCUT2D eigenvalue weighted by Gasteiger charge is 2.19. The lowest BCUT2D eigenvalue weighted by Crippen LogP contribution is -2.27.